The van der Waals surface area contributed by atoms with E-state index in [1.54, 1.807) is 6.07 Å². The zero-order valence-electron chi connectivity index (χ0n) is 17.1. The highest BCUT2D eigenvalue weighted by Gasteiger charge is 2.18. The van der Waals surface area contributed by atoms with Crippen molar-refractivity contribution in [2.24, 2.45) is 0 Å². The summed E-state index contributed by atoms with van der Waals surface area (Å²) in [6.07, 6.45) is 6.79. The monoisotopic (exact) mass is 397 g/mol. The summed E-state index contributed by atoms with van der Waals surface area (Å²) in [7, 11) is 0. The smallest absolute Gasteiger partial charge is 0.270 e. The average molecular weight is 398 g/mol. The number of benzene rings is 1. The van der Waals surface area contributed by atoms with Gasteiger partial charge in [0.05, 0.1) is 12.1 Å². The van der Waals surface area contributed by atoms with Gasteiger partial charge in [-0.3, -0.25) is 4.79 Å². The van der Waals surface area contributed by atoms with Crippen LogP contribution in [0.25, 0.3) is 10.9 Å². The van der Waals surface area contributed by atoms with E-state index in [0.29, 0.717) is 18.9 Å². The zero-order valence-corrected chi connectivity index (χ0v) is 17.1. The summed E-state index contributed by atoms with van der Waals surface area (Å²) in [5.74, 6) is 0.745. The van der Waals surface area contributed by atoms with Crippen LogP contribution in [-0.4, -0.2) is 61.3 Å². The zero-order chi connectivity index (χ0) is 19.9. The number of ether oxygens (including phenoxy) is 2. The van der Waals surface area contributed by atoms with Crippen molar-refractivity contribution in [2.45, 2.75) is 44.6 Å². The number of aromatic nitrogens is 1. The number of rotatable bonds is 7. The number of pyridine rings is 1. The van der Waals surface area contributed by atoms with Gasteiger partial charge in [0.15, 0.2) is 0 Å². The molecule has 1 amide bonds. The Morgan fingerprint density at radius 3 is 2.79 bits per heavy atom. The van der Waals surface area contributed by atoms with E-state index in [-0.39, 0.29) is 11.9 Å². The van der Waals surface area contributed by atoms with E-state index in [0.717, 1.165) is 49.1 Å². The van der Waals surface area contributed by atoms with E-state index >= 15 is 0 Å². The molecule has 2 fully saturated rings. The molecule has 0 spiro atoms. The normalized spacial score (nSPS) is 18.6. The Kier molecular flexibility index (Phi) is 6.96. The maximum Gasteiger partial charge on any atom is 0.270 e. The number of fused-ring (bicyclic) bond motifs is 1. The second-order valence-electron chi connectivity index (χ2n) is 8.02. The second kappa shape index (κ2) is 10.0. The molecular weight excluding hydrogens is 366 g/mol. The van der Waals surface area contributed by atoms with Crippen molar-refractivity contribution >= 4 is 16.8 Å². The Labute approximate surface area is 172 Å². The maximum absolute atomic E-state index is 12.5. The molecule has 0 unspecified atom stereocenters. The van der Waals surface area contributed by atoms with Crippen molar-refractivity contribution in [3.05, 3.63) is 36.0 Å². The Balaban J connectivity index is 1.30. The number of nitrogens with zero attached hydrogens (tertiary/aromatic N) is 2. The molecule has 0 aliphatic carbocycles. The molecule has 2 saturated heterocycles. The molecule has 156 valence electrons. The van der Waals surface area contributed by atoms with E-state index in [9.17, 15) is 4.79 Å². The molecule has 1 N–H and O–H groups in total. The van der Waals surface area contributed by atoms with Gasteiger partial charge < -0.3 is 19.7 Å². The van der Waals surface area contributed by atoms with Gasteiger partial charge in [-0.05, 0) is 69.5 Å². The molecule has 3 heterocycles. The van der Waals surface area contributed by atoms with E-state index in [1.807, 2.05) is 24.3 Å². The number of piperidine rings is 1. The third-order valence-electron chi connectivity index (χ3n) is 5.79. The predicted molar refractivity (Wildman–Crippen MR) is 113 cm³/mol. The first-order valence-corrected chi connectivity index (χ1v) is 10.9. The average Bonchev–Trinajstić information content (AvgIpc) is 2.77. The van der Waals surface area contributed by atoms with Crippen LogP contribution in [0.5, 0.6) is 5.75 Å². The van der Waals surface area contributed by atoms with Crippen LogP contribution >= 0.6 is 0 Å². The molecule has 1 aromatic heterocycles. The molecule has 2 aliphatic rings. The summed E-state index contributed by atoms with van der Waals surface area (Å²) in [6, 6.07) is 9.79. The molecule has 4 rings (SSSR count). The van der Waals surface area contributed by atoms with Gasteiger partial charge in [-0.25, -0.2) is 4.98 Å². The van der Waals surface area contributed by atoms with E-state index in [2.05, 4.69) is 15.2 Å². The SMILES string of the molecule is O=C(NC1CCOCC1)c1ccc2cc(OCCCN3CCCCC3)ccc2n1. The number of amides is 1. The predicted octanol–water partition coefficient (Wildman–Crippen LogP) is 3.40. The molecular formula is C23H31N3O3. The number of hydrogen-bond acceptors (Lipinski definition) is 5. The van der Waals surface area contributed by atoms with Gasteiger partial charge in [0.1, 0.15) is 11.4 Å². The Morgan fingerprint density at radius 2 is 1.97 bits per heavy atom. The molecule has 6 heteroatoms. The first-order valence-electron chi connectivity index (χ1n) is 10.9. The van der Waals surface area contributed by atoms with Gasteiger partial charge in [-0.15, -0.1) is 0 Å². The summed E-state index contributed by atoms with van der Waals surface area (Å²) in [5.41, 5.74) is 1.27. The largest absolute Gasteiger partial charge is 0.494 e. The lowest BCUT2D eigenvalue weighted by atomic mass is 10.1. The van der Waals surface area contributed by atoms with Gasteiger partial charge in [0.2, 0.25) is 0 Å². The molecule has 0 atom stereocenters. The number of nitrogens with one attached hydrogen (secondary N) is 1. The third kappa shape index (κ3) is 5.67. The maximum atomic E-state index is 12.5. The molecule has 1 aromatic carbocycles. The number of carbonyl (C=O) groups is 1. The Hall–Kier alpha value is -2.18. The van der Waals surface area contributed by atoms with Gasteiger partial charge >= 0.3 is 0 Å². The van der Waals surface area contributed by atoms with Crippen molar-refractivity contribution in [2.75, 3.05) is 39.5 Å². The minimum absolute atomic E-state index is 0.114. The standard InChI is InChI=1S/C23H31N3O3/c27-23(24-19-9-15-28-16-10-19)22-7-5-18-17-20(6-8-21(18)25-22)29-14-4-13-26-11-2-1-3-12-26/h5-8,17,19H,1-4,9-16H2,(H,24,27). The lowest BCUT2D eigenvalue weighted by molar-refractivity contribution is 0.0694. The summed E-state index contributed by atoms with van der Waals surface area (Å²) in [5, 5.41) is 4.05. The highest BCUT2D eigenvalue weighted by atomic mass is 16.5. The number of hydrogen-bond donors (Lipinski definition) is 1. The first kappa shape index (κ1) is 20.1. The fourth-order valence-corrected chi connectivity index (χ4v) is 4.08. The molecule has 0 saturated carbocycles. The van der Waals surface area contributed by atoms with Gasteiger partial charge in [0.25, 0.3) is 5.91 Å². The summed E-state index contributed by atoms with van der Waals surface area (Å²) < 4.78 is 11.3. The van der Waals surface area contributed by atoms with Crippen LogP contribution in [0.2, 0.25) is 0 Å². The van der Waals surface area contributed by atoms with Crippen molar-refractivity contribution < 1.29 is 14.3 Å². The molecule has 0 bridgehead atoms. The first-order chi connectivity index (χ1) is 14.3. The van der Waals surface area contributed by atoms with Crippen molar-refractivity contribution in [3.63, 3.8) is 0 Å². The summed E-state index contributed by atoms with van der Waals surface area (Å²) in [4.78, 5) is 19.6. The summed E-state index contributed by atoms with van der Waals surface area (Å²) in [6.45, 7) is 5.70. The Bertz CT molecular complexity index is 814. The minimum Gasteiger partial charge on any atom is -0.494 e. The molecule has 2 aromatic rings. The third-order valence-corrected chi connectivity index (χ3v) is 5.79. The Morgan fingerprint density at radius 1 is 1.14 bits per heavy atom. The number of carbonyl (C=O) groups excluding carboxylic acids is 1. The van der Waals surface area contributed by atoms with Crippen LogP contribution < -0.4 is 10.1 Å². The van der Waals surface area contributed by atoms with Crippen molar-refractivity contribution in [1.29, 1.82) is 0 Å². The molecule has 29 heavy (non-hydrogen) atoms. The van der Waals surface area contributed by atoms with Gasteiger partial charge in [-0.1, -0.05) is 12.5 Å². The molecule has 0 radical (unpaired) electrons. The van der Waals surface area contributed by atoms with E-state index in [1.165, 1.54) is 32.4 Å². The molecule has 2 aliphatic heterocycles. The lowest BCUT2D eigenvalue weighted by Gasteiger charge is -2.26. The second-order valence-corrected chi connectivity index (χ2v) is 8.02. The topological polar surface area (TPSA) is 63.7 Å². The van der Waals surface area contributed by atoms with Crippen molar-refractivity contribution in [1.82, 2.24) is 15.2 Å². The van der Waals surface area contributed by atoms with Crippen molar-refractivity contribution in [3.8, 4) is 5.75 Å². The fourth-order valence-electron chi connectivity index (χ4n) is 4.08. The highest BCUT2D eigenvalue weighted by Crippen LogP contribution is 2.20. The van der Waals surface area contributed by atoms with Crippen LogP contribution in [-0.2, 0) is 4.74 Å². The van der Waals surface area contributed by atoms with Crippen LogP contribution in [0.4, 0.5) is 0 Å². The minimum atomic E-state index is -0.114. The van der Waals surface area contributed by atoms with E-state index < -0.39 is 0 Å². The van der Waals surface area contributed by atoms with Crippen LogP contribution in [0.1, 0.15) is 49.0 Å². The fraction of sp³-hybridized carbons (Fsp3) is 0.565. The summed E-state index contributed by atoms with van der Waals surface area (Å²) >= 11 is 0. The highest BCUT2D eigenvalue weighted by molar-refractivity contribution is 5.95. The van der Waals surface area contributed by atoms with Crippen LogP contribution in [0.3, 0.4) is 0 Å². The van der Waals surface area contributed by atoms with Gasteiger partial charge in [-0.2, -0.15) is 0 Å². The number of likely N-dealkylation sites (tertiary alicyclic amines) is 1. The van der Waals surface area contributed by atoms with Gasteiger partial charge in [0, 0.05) is 31.2 Å². The van der Waals surface area contributed by atoms with Crippen LogP contribution in [0.15, 0.2) is 30.3 Å². The van der Waals surface area contributed by atoms with E-state index in [4.69, 9.17) is 9.47 Å². The lowest BCUT2D eigenvalue weighted by Crippen LogP contribution is -2.39. The molecule has 6 nitrogen and oxygen atoms in total. The van der Waals surface area contributed by atoms with Crippen LogP contribution in [0, 0.1) is 0 Å². The quantitative estimate of drug-likeness (QED) is 0.726.